The Kier molecular flexibility index (Phi) is 3.84. The zero-order chi connectivity index (χ0) is 22.3. The van der Waals surface area contributed by atoms with E-state index in [1.807, 2.05) is 0 Å². The molecular formula is C32H29N. The van der Waals surface area contributed by atoms with Crippen molar-refractivity contribution in [3.63, 3.8) is 0 Å². The molecule has 1 saturated carbocycles. The molecule has 2 aliphatic rings. The fourth-order valence-electron chi connectivity index (χ4n) is 6.33. The standard InChI is InChI=1S/C32H29N/c1-19-9-4-5-12-21(19)24-17-30-26(15-23(24)20-10-8-11-20)27-16-29-25(18-31(27)33-30)22-13-6-7-14-28(22)32(29,2)3/h4-7,9,12-18,20,33H,8,10-11H2,1-3H3. The molecule has 1 fully saturated rings. The number of aromatic nitrogens is 1. The number of fused-ring (bicyclic) bond motifs is 6. The van der Waals surface area contributed by atoms with E-state index in [0.717, 1.165) is 0 Å². The lowest BCUT2D eigenvalue weighted by Crippen LogP contribution is -2.14. The third kappa shape index (κ3) is 2.60. The number of hydrogen-bond donors (Lipinski definition) is 1. The maximum absolute atomic E-state index is 3.80. The van der Waals surface area contributed by atoms with Crippen LogP contribution in [0.25, 0.3) is 44.1 Å². The molecule has 2 aliphatic carbocycles. The van der Waals surface area contributed by atoms with Crippen molar-refractivity contribution in [1.29, 1.82) is 0 Å². The highest BCUT2D eigenvalue weighted by Crippen LogP contribution is 2.51. The van der Waals surface area contributed by atoms with Gasteiger partial charge in [-0.3, -0.25) is 0 Å². The minimum Gasteiger partial charge on any atom is -0.354 e. The SMILES string of the molecule is Cc1ccccc1-c1cc2[nH]c3cc4c(cc3c2cc1C1CCC1)C(C)(C)c1ccccc1-4. The van der Waals surface area contributed by atoms with Crippen LogP contribution in [0.3, 0.4) is 0 Å². The first kappa shape index (κ1) is 19.2. The molecule has 0 amide bonds. The molecule has 0 atom stereocenters. The first-order valence-electron chi connectivity index (χ1n) is 12.3. The van der Waals surface area contributed by atoms with Crippen molar-refractivity contribution in [2.24, 2.45) is 0 Å². The average molecular weight is 428 g/mol. The Labute approximate surface area is 195 Å². The van der Waals surface area contributed by atoms with E-state index in [2.05, 4.69) is 98.6 Å². The van der Waals surface area contributed by atoms with Gasteiger partial charge in [-0.05, 0) is 94.5 Å². The molecule has 7 rings (SSSR count). The summed E-state index contributed by atoms with van der Waals surface area (Å²) in [6, 6.07) is 27.6. The Morgan fingerprint density at radius 2 is 1.36 bits per heavy atom. The highest BCUT2D eigenvalue weighted by molar-refractivity contribution is 6.11. The van der Waals surface area contributed by atoms with Crippen LogP contribution in [0, 0.1) is 6.92 Å². The van der Waals surface area contributed by atoms with E-state index in [9.17, 15) is 0 Å². The van der Waals surface area contributed by atoms with Gasteiger partial charge in [0.2, 0.25) is 0 Å². The number of benzene rings is 4. The molecule has 1 aromatic heterocycles. The van der Waals surface area contributed by atoms with Crippen LogP contribution in [0.15, 0.2) is 72.8 Å². The van der Waals surface area contributed by atoms with Crippen LogP contribution in [0.1, 0.15) is 61.3 Å². The van der Waals surface area contributed by atoms with Gasteiger partial charge >= 0.3 is 0 Å². The Morgan fingerprint density at radius 1 is 0.697 bits per heavy atom. The summed E-state index contributed by atoms with van der Waals surface area (Å²) in [5, 5.41) is 2.74. The lowest BCUT2D eigenvalue weighted by Gasteiger charge is -2.28. The zero-order valence-corrected chi connectivity index (χ0v) is 19.6. The van der Waals surface area contributed by atoms with Crippen molar-refractivity contribution in [1.82, 2.24) is 4.98 Å². The van der Waals surface area contributed by atoms with Gasteiger partial charge in [0, 0.05) is 27.2 Å². The summed E-state index contributed by atoms with van der Waals surface area (Å²) < 4.78 is 0. The van der Waals surface area contributed by atoms with Gasteiger partial charge in [0.05, 0.1) is 0 Å². The van der Waals surface area contributed by atoms with Crippen molar-refractivity contribution in [3.8, 4) is 22.3 Å². The van der Waals surface area contributed by atoms with Crippen molar-refractivity contribution in [2.45, 2.75) is 51.4 Å². The molecule has 1 heterocycles. The van der Waals surface area contributed by atoms with Gasteiger partial charge in [0.25, 0.3) is 0 Å². The van der Waals surface area contributed by atoms with Crippen molar-refractivity contribution in [3.05, 3.63) is 95.1 Å². The summed E-state index contributed by atoms with van der Waals surface area (Å²) in [4.78, 5) is 3.80. The highest BCUT2D eigenvalue weighted by Gasteiger charge is 2.35. The largest absolute Gasteiger partial charge is 0.354 e. The van der Waals surface area contributed by atoms with Crippen LogP contribution in [0.4, 0.5) is 0 Å². The van der Waals surface area contributed by atoms with Gasteiger partial charge in [0.1, 0.15) is 0 Å². The maximum Gasteiger partial charge on any atom is 0.0471 e. The predicted molar refractivity (Wildman–Crippen MR) is 140 cm³/mol. The fourth-order valence-corrected chi connectivity index (χ4v) is 6.33. The average Bonchev–Trinajstić information content (AvgIpc) is 3.23. The Balaban J connectivity index is 1.52. The van der Waals surface area contributed by atoms with E-state index in [1.54, 1.807) is 0 Å². The number of hydrogen-bond acceptors (Lipinski definition) is 0. The lowest BCUT2D eigenvalue weighted by atomic mass is 9.76. The molecule has 0 spiro atoms. The lowest BCUT2D eigenvalue weighted by molar-refractivity contribution is 0.421. The summed E-state index contributed by atoms with van der Waals surface area (Å²) >= 11 is 0. The second-order valence-electron chi connectivity index (χ2n) is 10.7. The Hall–Kier alpha value is -3.32. The normalized spacial score (nSPS) is 16.7. The Morgan fingerprint density at radius 3 is 2.09 bits per heavy atom. The summed E-state index contributed by atoms with van der Waals surface area (Å²) in [6.45, 7) is 6.97. The van der Waals surface area contributed by atoms with E-state index < -0.39 is 0 Å². The fraction of sp³-hybridized carbons (Fsp3) is 0.250. The van der Waals surface area contributed by atoms with Gasteiger partial charge in [0.15, 0.2) is 0 Å². The van der Waals surface area contributed by atoms with E-state index in [0.29, 0.717) is 5.92 Å². The smallest absolute Gasteiger partial charge is 0.0471 e. The minimum absolute atomic E-state index is 0.0294. The maximum atomic E-state index is 3.80. The van der Waals surface area contributed by atoms with Crippen molar-refractivity contribution >= 4 is 21.8 Å². The second-order valence-corrected chi connectivity index (χ2v) is 10.7. The van der Waals surface area contributed by atoms with Gasteiger partial charge in [-0.25, -0.2) is 0 Å². The molecule has 33 heavy (non-hydrogen) atoms. The number of aromatic amines is 1. The quantitative estimate of drug-likeness (QED) is 0.289. The van der Waals surface area contributed by atoms with Crippen LogP contribution < -0.4 is 0 Å². The highest BCUT2D eigenvalue weighted by atomic mass is 14.7. The number of nitrogens with one attached hydrogen (secondary N) is 1. The zero-order valence-electron chi connectivity index (χ0n) is 19.6. The molecule has 0 bridgehead atoms. The van der Waals surface area contributed by atoms with Crippen molar-refractivity contribution in [2.75, 3.05) is 0 Å². The molecule has 0 radical (unpaired) electrons. The van der Waals surface area contributed by atoms with E-state index in [4.69, 9.17) is 0 Å². The third-order valence-electron chi connectivity index (χ3n) is 8.45. The molecule has 0 aliphatic heterocycles. The summed E-state index contributed by atoms with van der Waals surface area (Å²) in [7, 11) is 0. The van der Waals surface area contributed by atoms with Gasteiger partial charge in [-0.1, -0.05) is 68.8 Å². The molecule has 5 aromatic rings. The minimum atomic E-state index is 0.0294. The monoisotopic (exact) mass is 427 g/mol. The van der Waals surface area contributed by atoms with Crippen LogP contribution in [0.2, 0.25) is 0 Å². The molecule has 1 N–H and O–H groups in total. The predicted octanol–water partition coefficient (Wildman–Crippen LogP) is 8.87. The van der Waals surface area contributed by atoms with E-state index >= 15 is 0 Å². The van der Waals surface area contributed by atoms with Crippen LogP contribution in [-0.4, -0.2) is 4.98 Å². The topological polar surface area (TPSA) is 15.8 Å². The molecule has 1 nitrogen and oxygen atoms in total. The first-order chi connectivity index (χ1) is 16.0. The second kappa shape index (κ2) is 6.60. The molecule has 0 unspecified atom stereocenters. The van der Waals surface area contributed by atoms with E-state index in [-0.39, 0.29) is 5.41 Å². The van der Waals surface area contributed by atoms with Crippen LogP contribution in [-0.2, 0) is 5.41 Å². The summed E-state index contributed by atoms with van der Waals surface area (Å²) in [6.07, 6.45) is 3.97. The number of H-pyrrole nitrogens is 1. The van der Waals surface area contributed by atoms with Gasteiger partial charge < -0.3 is 4.98 Å². The van der Waals surface area contributed by atoms with E-state index in [1.165, 1.54) is 85.6 Å². The number of rotatable bonds is 2. The summed E-state index contributed by atoms with van der Waals surface area (Å²) in [5.41, 5.74) is 13.9. The van der Waals surface area contributed by atoms with Gasteiger partial charge in [-0.2, -0.15) is 0 Å². The number of aryl methyl sites for hydroxylation is 1. The third-order valence-corrected chi connectivity index (χ3v) is 8.45. The molecule has 1 heteroatoms. The molecule has 162 valence electrons. The van der Waals surface area contributed by atoms with Crippen molar-refractivity contribution < 1.29 is 0 Å². The first-order valence-corrected chi connectivity index (χ1v) is 12.3. The van der Waals surface area contributed by atoms with Crippen LogP contribution >= 0.6 is 0 Å². The van der Waals surface area contributed by atoms with Gasteiger partial charge in [-0.15, -0.1) is 0 Å². The molecule has 4 aromatic carbocycles. The molecular weight excluding hydrogens is 398 g/mol. The molecule has 0 saturated heterocycles. The van der Waals surface area contributed by atoms with Crippen LogP contribution in [0.5, 0.6) is 0 Å². The summed E-state index contributed by atoms with van der Waals surface area (Å²) in [5.74, 6) is 0.684. The Bertz CT molecular complexity index is 1580.